The van der Waals surface area contributed by atoms with Crippen LogP contribution in [0.5, 0.6) is 0 Å². The first-order chi connectivity index (χ1) is 9.04. The fourth-order valence-corrected chi connectivity index (χ4v) is 2.09. The molecule has 1 fully saturated rings. The summed E-state index contributed by atoms with van der Waals surface area (Å²) in [4.78, 5) is 35.3. The van der Waals surface area contributed by atoms with E-state index in [-0.39, 0.29) is 19.0 Å². The summed E-state index contributed by atoms with van der Waals surface area (Å²) in [5.74, 6) is -1.27. The number of carbonyl (C=O) groups excluding carboxylic acids is 3. The lowest BCUT2D eigenvalue weighted by Crippen LogP contribution is -2.52. The molecule has 1 aliphatic heterocycles. The lowest BCUT2D eigenvalue weighted by molar-refractivity contribution is -0.143. The van der Waals surface area contributed by atoms with Crippen molar-refractivity contribution in [1.82, 2.24) is 10.2 Å². The number of imide groups is 1. The molecular weight excluding hydrogens is 312 g/mol. The van der Waals surface area contributed by atoms with Gasteiger partial charge in [0.15, 0.2) is 0 Å². The fourth-order valence-electron chi connectivity index (χ4n) is 1.68. The first kappa shape index (κ1) is 13.5. The van der Waals surface area contributed by atoms with Gasteiger partial charge in [0.05, 0.1) is 0 Å². The molecule has 1 saturated heterocycles. The Hall–Kier alpha value is -1.95. The van der Waals surface area contributed by atoms with E-state index in [0.717, 1.165) is 10.0 Å². The summed E-state index contributed by atoms with van der Waals surface area (Å²) < 4.78 is 0.912. The minimum Gasteiger partial charge on any atom is -0.321 e. The summed E-state index contributed by atoms with van der Waals surface area (Å²) >= 11 is 3.33. The van der Waals surface area contributed by atoms with Crippen LogP contribution in [-0.4, -0.2) is 35.7 Å². The molecule has 0 unspecified atom stereocenters. The lowest BCUT2D eigenvalue weighted by atomic mass is 10.2. The molecular formula is C13H11BrN2O3. The monoisotopic (exact) mass is 322 g/mol. The van der Waals surface area contributed by atoms with E-state index in [9.17, 15) is 14.4 Å². The summed E-state index contributed by atoms with van der Waals surface area (Å²) in [6.45, 7) is -0.180. The average molecular weight is 323 g/mol. The van der Waals surface area contributed by atoms with Crippen molar-refractivity contribution >= 4 is 39.7 Å². The molecule has 0 aliphatic carbocycles. The first-order valence-corrected chi connectivity index (χ1v) is 6.39. The Bertz CT molecular complexity index is 553. The zero-order valence-electron chi connectivity index (χ0n) is 9.93. The van der Waals surface area contributed by atoms with Crippen LogP contribution in [0.15, 0.2) is 34.8 Å². The molecule has 0 atom stereocenters. The number of rotatable bonds is 2. The normalized spacial score (nSPS) is 15.7. The molecule has 2 rings (SSSR count). The molecule has 1 heterocycles. The Morgan fingerprint density at radius 1 is 1.26 bits per heavy atom. The largest absolute Gasteiger partial charge is 0.321 e. The number of nitrogens with zero attached hydrogens (tertiary/aromatic N) is 1. The van der Waals surface area contributed by atoms with E-state index in [4.69, 9.17) is 0 Å². The number of nitrogens with one attached hydrogen (secondary N) is 1. The highest BCUT2D eigenvalue weighted by Crippen LogP contribution is 2.12. The number of piperazine rings is 1. The van der Waals surface area contributed by atoms with E-state index in [1.54, 1.807) is 6.08 Å². The Morgan fingerprint density at radius 2 is 1.95 bits per heavy atom. The van der Waals surface area contributed by atoms with Gasteiger partial charge in [-0.3, -0.25) is 19.7 Å². The second kappa shape index (κ2) is 5.79. The Balaban J connectivity index is 2.04. The lowest BCUT2D eigenvalue weighted by Gasteiger charge is -2.24. The van der Waals surface area contributed by atoms with Crippen LogP contribution in [0, 0.1) is 0 Å². The minimum absolute atomic E-state index is 0.0899. The molecule has 1 aromatic carbocycles. The van der Waals surface area contributed by atoms with Gasteiger partial charge in [-0.1, -0.05) is 28.1 Å². The van der Waals surface area contributed by atoms with E-state index in [1.165, 1.54) is 11.0 Å². The van der Waals surface area contributed by atoms with Crippen molar-refractivity contribution in [3.63, 3.8) is 0 Å². The highest BCUT2D eigenvalue weighted by atomic mass is 79.9. The predicted molar refractivity (Wildman–Crippen MR) is 72.9 cm³/mol. The molecule has 0 radical (unpaired) electrons. The number of benzene rings is 1. The molecule has 1 aliphatic rings. The highest BCUT2D eigenvalue weighted by Gasteiger charge is 2.24. The topological polar surface area (TPSA) is 66.5 Å². The molecule has 3 amide bonds. The quantitative estimate of drug-likeness (QED) is 0.651. The number of hydrogen-bond donors (Lipinski definition) is 1. The second-order valence-electron chi connectivity index (χ2n) is 4.05. The van der Waals surface area contributed by atoms with Gasteiger partial charge in [0, 0.05) is 10.5 Å². The highest BCUT2D eigenvalue weighted by molar-refractivity contribution is 9.10. The molecule has 1 N–H and O–H groups in total. The van der Waals surface area contributed by atoms with Gasteiger partial charge in [0.1, 0.15) is 13.1 Å². The van der Waals surface area contributed by atoms with Crippen molar-refractivity contribution < 1.29 is 14.4 Å². The summed E-state index contributed by atoms with van der Waals surface area (Å²) in [6.07, 6.45) is 3.00. The zero-order valence-corrected chi connectivity index (χ0v) is 11.5. The van der Waals surface area contributed by atoms with Crippen LogP contribution in [-0.2, 0) is 14.4 Å². The van der Waals surface area contributed by atoms with Gasteiger partial charge in [-0.05, 0) is 23.8 Å². The fraction of sp³-hybridized carbons (Fsp3) is 0.154. The van der Waals surface area contributed by atoms with Gasteiger partial charge in [-0.25, -0.2) is 0 Å². The van der Waals surface area contributed by atoms with Crippen LogP contribution in [0.4, 0.5) is 0 Å². The molecule has 1 aromatic rings. The van der Waals surface area contributed by atoms with Gasteiger partial charge in [0.2, 0.25) is 17.7 Å². The number of halogens is 1. The smallest absolute Gasteiger partial charge is 0.247 e. The van der Waals surface area contributed by atoms with Crippen molar-refractivity contribution in [3.8, 4) is 0 Å². The van der Waals surface area contributed by atoms with Crippen LogP contribution in [0.2, 0.25) is 0 Å². The van der Waals surface area contributed by atoms with E-state index in [1.807, 2.05) is 24.3 Å². The Morgan fingerprint density at radius 3 is 2.58 bits per heavy atom. The van der Waals surface area contributed by atoms with Gasteiger partial charge < -0.3 is 4.90 Å². The van der Waals surface area contributed by atoms with Crippen LogP contribution >= 0.6 is 15.9 Å². The van der Waals surface area contributed by atoms with E-state index < -0.39 is 11.8 Å². The molecule has 0 spiro atoms. The average Bonchev–Trinajstić information content (AvgIpc) is 2.35. The second-order valence-corrected chi connectivity index (χ2v) is 4.97. The Kier molecular flexibility index (Phi) is 4.11. The van der Waals surface area contributed by atoms with Gasteiger partial charge in [0.25, 0.3) is 0 Å². The van der Waals surface area contributed by atoms with Crippen molar-refractivity contribution in [2.24, 2.45) is 0 Å². The third-order valence-corrected chi connectivity index (χ3v) is 3.02. The van der Waals surface area contributed by atoms with Crippen LogP contribution in [0.1, 0.15) is 5.56 Å². The summed E-state index contributed by atoms with van der Waals surface area (Å²) in [7, 11) is 0. The third kappa shape index (κ3) is 3.75. The number of amides is 3. The van der Waals surface area contributed by atoms with E-state index >= 15 is 0 Å². The molecule has 0 saturated carbocycles. The van der Waals surface area contributed by atoms with E-state index in [2.05, 4.69) is 21.2 Å². The standard InChI is InChI=1S/C13H11BrN2O3/c14-10-3-1-2-9(6-10)4-5-13(19)16-7-11(17)15-12(18)8-16/h1-6H,7-8H2,(H,15,17,18). The van der Waals surface area contributed by atoms with E-state index in [0.29, 0.717) is 0 Å². The summed E-state index contributed by atoms with van der Waals surface area (Å²) in [6, 6.07) is 7.44. The van der Waals surface area contributed by atoms with Crippen molar-refractivity contribution in [2.75, 3.05) is 13.1 Å². The molecule has 0 bridgehead atoms. The van der Waals surface area contributed by atoms with Crippen molar-refractivity contribution in [1.29, 1.82) is 0 Å². The van der Waals surface area contributed by atoms with Gasteiger partial charge in [-0.2, -0.15) is 0 Å². The molecule has 6 heteroatoms. The number of carbonyl (C=O) groups is 3. The van der Waals surface area contributed by atoms with Crippen LogP contribution in [0.3, 0.4) is 0 Å². The zero-order chi connectivity index (χ0) is 13.8. The van der Waals surface area contributed by atoms with Crippen LogP contribution in [0.25, 0.3) is 6.08 Å². The molecule has 5 nitrogen and oxygen atoms in total. The summed E-state index contributed by atoms with van der Waals surface area (Å²) in [5, 5.41) is 2.14. The predicted octanol–water partition coefficient (Wildman–Crippen LogP) is 0.947. The molecule has 98 valence electrons. The van der Waals surface area contributed by atoms with Crippen molar-refractivity contribution in [3.05, 3.63) is 40.4 Å². The maximum absolute atomic E-state index is 11.8. The Labute approximate surface area is 118 Å². The maximum atomic E-state index is 11.8. The molecule has 0 aromatic heterocycles. The minimum atomic E-state index is -0.458. The SMILES string of the molecule is O=C1CN(C(=O)C=Cc2cccc(Br)c2)CC(=O)N1. The van der Waals surface area contributed by atoms with Crippen LogP contribution < -0.4 is 5.32 Å². The molecule has 19 heavy (non-hydrogen) atoms. The van der Waals surface area contributed by atoms with Gasteiger partial charge >= 0.3 is 0 Å². The third-order valence-electron chi connectivity index (χ3n) is 2.53. The van der Waals surface area contributed by atoms with Crippen molar-refractivity contribution in [2.45, 2.75) is 0 Å². The first-order valence-electron chi connectivity index (χ1n) is 5.60. The number of hydrogen-bond acceptors (Lipinski definition) is 3. The maximum Gasteiger partial charge on any atom is 0.247 e. The summed E-state index contributed by atoms with van der Waals surface area (Å²) in [5.41, 5.74) is 0.857. The van der Waals surface area contributed by atoms with Gasteiger partial charge in [-0.15, -0.1) is 0 Å².